The van der Waals surface area contributed by atoms with Crippen molar-refractivity contribution in [3.8, 4) is 11.5 Å². The average Bonchev–Trinajstić information content (AvgIpc) is 2.63. The van der Waals surface area contributed by atoms with Gasteiger partial charge in [0.25, 0.3) is 0 Å². The van der Waals surface area contributed by atoms with Gasteiger partial charge in [0.2, 0.25) is 0 Å². The van der Waals surface area contributed by atoms with Gasteiger partial charge in [-0.15, -0.1) is 0 Å². The van der Waals surface area contributed by atoms with Crippen molar-refractivity contribution in [2.24, 2.45) is 4.99 Å². The third-order valence-electron chi connectivity index (χ3n) is 4.11. The number of para-hydroxylation sites is 1. The Labute approximate surface area is 137 Å². The molecule has 6 heteroatoms. The second-order valence-electron chi connectivity index (χ2n) is 5.65. The Morgan fingerprint density at radius 1 is 1.30 bits per heavy atom. The minimum atomic E-state index is 0.626. The topological polar surface area (TPSA) is 55.3 Å². The number of benzene rings is 1. The molecule has 0 radical (unpaired) electrons. The third-order valence-corrected chi connectivity index (χ3v) is 4.11. The second kappa shape index (κ2) is 8.17. The molecule has 1 aromatic rings. The Hall–Kier alpha value is -1.79. The molecular formula is C17H25N3O3. The fourth-order valence-corrected chi connectivity index (χ4v) is 2.83. The van der Waals surface area contributed by atoms with Crippen LogP contribution in [0.1, 0.15) is 12.0 Å². The van der Waals surface area contributed by atoms with E-state index in [1.807, 2.05) is 18.2 Å². The molecule has 1 N–H and O–H groups in total. The fourth-order valence-electron chi connectivity index (χ4n) is 2.83. The summed E-state index contributed by atoms with van der Waals surface area (Å²) in [7, 11) is 1.67. The van der Waals surface area contributed by atoms with E-state index < -0.39 is 0 Å². The Kier molecular flexibility index (Phi) is 5.71. The number of hydrogen-bond donors (Lipinski definition) is 1. The van der Waals surface area contributed by atoms with Gasteiger partial charge < -0.3 is 19.5 Å². The van der Waals surface area contributed by atoms with Crippen LogP contribution < -0.4 is 14.8 Å². The summed E-state index contributed by atoms with van der Waals surface area (Å²) in [6.07, 6.45) is 1.07. The zero-order valence-corrected chi connectivity index (χ0v) is 13.7. The molecule has 6 nitrogen and oxygen atoms in total. The Morgan fingerprint density at radius 2 is 2.17 bits per heavy atom. The van der Waals surface area contributed by atoms with Crippen molar-refractivity contribution < 1.29 is 14.2 Å². The molecule has 1 fully saturated rings. The smallest absolute Gasteiger partial charge is 0.172 e. The van der Waals surface area contributed by atoms with Gasteiger partial charge in [0.05, 0.1) is 25.9 Å². The molecule has 0 atom stereocenters. The third kappa shape index (κ3) is 4.14. The molecule has 0 aromatic heterocycles. The molecule has 3 rings (SSSR count). The van der Waals surface area contributed by atoms with Crippen molar-refractivity contribution in [3.05, 3.63) is 23.8 Å². The summed E-state index contributed by atoms with van der Waals surface area (Å²) in [6.45, 7) is 6.87. The SMILES string of the molecule is COc1cccc(C2=NCCCN2)c1OCCN1CCOCC1. The molecule has 23 heavy (non-hydrogen) atoms. The van der Waals surface area contributed by atoms with Crippen LogP contribution in [0.5, 0.6) is 11.5 Å². The molecule has 2 aliphatic heterocycles. The number of methoxy groups -OCH3 is 1. The molecule has 0 amide bonds. The van der Waals surface area contributed by atoms with E-state index in [0.717, 1.165) is 75.3 Å². The minimum Gasteiger partial charge on any atom is -0.493 e. The van der Waals surface area contributed by atoms with Crippen molar-refractivity contribution in [2.45, 2.75) is 6.42 Å². The summed E-state index contributed by atoms with van der Waals surface area (Å²) in [6, 6.07) is 5.93. The Balaban J connectivity index is 1.69. The summed E-state index contributed by atoms with van der Waals surface area (Å²) in [5, 5.41) is 3.35. The maximum absolute atomic E-state index is 6.09. The zero-order chi connectivity index (χ0) is 15.9. The van der Waals surface area contributed by atoms with Crippen molar-refractivity contribution in [1.82, 2.24) is 10.2 Å². The van der Waals surface area contributed by atoms with E-state index in [1.54, 1.807) is 7.11 Å². The van der Waals surface area contributed by atoms with Gasteiger partial charge in [-0.2, -0.15) is 0 Å². The van der Waals surface area contributed by atoms with Crippen LogP contribution in [0.15, 0.2) is 23.2 Å². The first-order valence-electron chi connectivity index (χ1n) is 8.27. The van der Waals surface area contributed by atoms with Gasteiger partial charge in [-0.1, -0.05) is 6.07 Å². The molecule has 0 aliphatic carbocycles. The first kappa shape index (κ1) is 16.1. The lowest BCUT2D eigenvalue weighted by Crippen LogP contribution is -2.38. The summed E-state index contributed by atoms with van der Waals surface area (Å²) < 4.78 is 16.9. The van der Waals surface area contributed by atoms with Crippen LogP contribution in [0.4, 0.5) is 0 Å². The first-order valence-corrected chi connectivity index (χ1v) is 8.27. The minimum absolute atomic E-state index is 0.626. The number of aliphatic imine (C=N–C) groups is 1. The fraction of sp³-hybridized carbons (Fsp3) is 0.588. The van der Waals surface area contributed by atoms with Gasteiger partial charge in [-0.05, 0) is 18.6 Å². The largest absolute Gasteiger partial charge is 0.493 e. The number of rotatable bonds is 6. The van der Waals surface area contributed by atoms with Gasteiger partial charge >= 0.3 is 0 Å². The van der Waals surface area contributed by atoms with Crippen LogP contribution in [0.25, 0.3) is 0 Å². The molecule has 126 valence electrons. The van der Waals surface area contributed by atoms with Gasteiger partial charge in [-0.25, -0.2) is 0 Å². The van der Waals surface area contributed by atoms with Crippen LogP contribution in [-0.4, -0.2) is 70.4 Å². The van der Waals surface area contributed by atoms with Crippen LogP contribution >= 0.6 is 0 Å². The summed E-state index contributed by atoms with van der Waals surface area (Å²) in [5.74, 6) is 2.42. The zero-order valence-electron chi connectivity index (χ0n) is 13.7. The van der Waals surface area contributed by atoms with Crippen LogP contribution in [-0.2, 0) is 4.74 Å². The predicted octanol–water partition coefficient (Wildman–Crippen LogP) is 1.15. The number of morpholine rings is 1. The van der Waals surface area contributed by atoms with E-state index in [2.05, 4.69) is 15.2 Å². The molecular weight excluding hydrogens is 294 g/mol. The number of amidine groups is 1. The average molecular weight is 319 g/mol. The molecule has 1 aromatic carbocycles. The van der Waals surface area contributed by atoms with Gasteiger partial charge in [-0.3, -0.25) is 9.89 Å². The van der Waals surface area contributed by atoms with E-state index in [-0.39, 0.29) is 0 Å². The lowest BCUT2D eigenvalue weighted by Gasteiger charge is -2.27. The Morgan fingerprint density at radius 3 is 2.91 bits per heavy atom. The first-order chi connectivity index (χ1) is 11.4. The molecule has 2 aliphatic rings. The maximum atomic E-state index is 6.09. The highest BCUT2D eigenvalue weighted by Crippen LogP contribution is 2.31. The van der Waals surface area contributed by atoms with Crippen LogP contribution in [0, 0.1) is 0 Å². The van der Waals surface area contributed by atoms with Crippen molar-refractivity contribution >= 4 is 5.84 Å². The summed E-state index contributed by atoms with van der Waals surface area (Å²) in [5.41, 5.74) is 0.978. The lowest BCUT2D eigenvalue weighted by atomic mass is 10.1. The number of ether oxygens (including phenoxy) is 3. The van der Waals surface area contributed by atoms with Crippen LogP contribution in [0.2, 0.25) is 0 Å². The standard InChI is InChI=1S/C17H25N3O3/c1-21-15-5-2-4-14(17-18-6-3-7-19-17)16(15)23-13-10-20-8-11-22-12-9-20/h2,4-5H,3,6-13H2,1H3,(H,18,19). The Bertz CT molecular complexity index is 542. The quantitative estimate of drug-likeness (QED) is 0.852. The molecule has 0 spiro atoms. The molecule has 0 saturated carbocycles. The van der Waals surface area contributed by atoms with Gasteiger partial charge in [0, 0.05) is 32.7 Å². The summed E-state index contributed by atoms with van der Waals surface area (Å²) in [4.78, 5) is 6.93. The number of nitrogens with one attached hydrogen (secondary N) is 1. The van der Waals surface area contributed by atoms with Gasteiger partial charge in [0.15, 0.2) is 11.5 Å². The van der Waals surface area contributed by atoms with E-state index in [4.69, 9.17) is 14.2 Å². The number of hydrogen-bond acceptors (Lipinski definition) is 6. The van der Waals surface area contributed by atoms with Crippen molar-refractivity contribution in [3.63, 3.8) is 0 Å². The lowest BCUT2D eigenvalue weighted by molar-refractivity contribution is 0.0321. The molecule has 0 bridgehead atoms. The van der Waals surface area contributed by atoms with E-state index >= 15 is 0 Å². The van der Waals surface area contributed by atoms with Crippen molar-refractivity contribution in [1.29, 1.82) is 0 Å². The monoisotopic (exact) mass is 319 g/mol. The maximum Gasteiger partial charge on any atom is 0.172 e. The molecule has 0 unspecified atom stereocenters. The highest BCUT2D eigenvalue weighted by Gasteiger charge is 2.17. The van der Waals surface area contributed by atoms with E-state index in [0.29, 0.717) is 6.61 Å². The highest BCUT2D eigenvalue weighted by molar-refractivity contribution is 6.02. The molecule has 2 heterocycles. The number of nitrogens with zero attached hydrogens (tertiary/aromatic N) is 2. The van der Waals surface area contributed by atoms with Crippen molar-refractivity contribution in [2.75, 3.05) is 59.7 Å². The second-order valence-corrected chi connectivity index (χ2v) is 5.65. The normalized spacial score (nSPS) is 18.9. The van der Waals surface area contributed by atoms with Crippen LogP contribution in [0.3, 0.4) is 0 Å². The highest BCUT2D eigenvalue weighted by atomic mass is 16.5. The van der Waals surface area contributed by atoms with E-state index in [9.17, 15) is 0 Å². The van der Waals surface area contributed by atoms with E-state index in [1.165, 1.54) is 0 Å². The summed E-state index contributed by atoms with van der Waals surface area (Å²) >= 11 is 0. The predicted molar refractivity (Wildman–Crippen MR) is 89.8 cm³/mol. The van der Waals surface area contributed by atoms with Gasteiger partial charge in [0.1, 0.15) is 12.4 Å². The molecule has 1 saturated heterocycles.